The van der Waals surface area contributed by atoms with Crippen molar-refractivity contribution in [2.45, 2.75) is 39.7 Å². The van der Waals surface area contributed by atoms with Crippen molar-refractivity contribution >= 4 is 15.9 Å². The minimum Gasteiger partial charge on any atom is -0.339 e. The van der Waals surface area contributed by atoms with Crippen molar-refractivity contribution in [1.29, 1.82) is 0 Å². The second-order valence-corrected chi connectivity index (χ2v) is 7.34. The maximum Gasteiger partial charge on any atom is 0.219 e. The van der Waals surface area contributed by atoms with Gasteiger partial charge in [-0.15, -0.1) is 0 Å². The quantitative estimate of drug-likeness (QED) is 0.752. The first-order valence-electron chi connectivity index (χ1n) is 7.64. The summed E-state index contributed by atoms with van der Waals surface area (Å²) >= 11 is 0. The molecule has 1 atom stereocenters. The summed E-state index contributed by atoms with van der Waals surface area (Å²) in [5.41, 5.74) is 0.998. The maximum absolute atomic E-state index is 12.0. The van der Waals surface area contributed by atoms with E-state index in [-0.39, 0.29) is 24.2 Å². The molecule has 1 aromatic carbocycles. The fourth-order valence-corrected chi connectivity index (χ4v) is 3.25. The lowest BCUT2D eigenvalue weighted by Gasteiger charge is -2.27. The van der Waals surface area contributed by atoms with Crippen LogP contribution < -0.4 is 4.72 Å². The average molecular weight is 326 g/mol. The summed E-state index contributed by atoms with van der Waals surface area (Å²) in [6.45, 7) is 6.13. The number of amides is 1. The topological polar surface area (TPSA) is 66.5 Å². The van der Waals surface area contributed by atoms with E-state index in [2.05, 4.69) is 4.72 Å². The van der Waals surface area contributed by atoms with Gasteiger partial charge >= 0.3 is 0 Å². The van der Waals surface area contributed by atoms with E-state index in [9.17, 15) is 13.2 Å². The highest BCUT2D eigenvalue weighted by Crippen LogP contribution is 2.04. The molecule has 1 amide bonds. The predicted molar refractivity (Wildman–Crippen MR) is 89.1 cm³/mol. The lowest BCUT2D eigenvalue weighted by Crippen LogP contribution is -2.42. The molecule has 6 heteroatoms. The van der Waals surface area contributed by atoms with Gasteiger partial charge in [-0.1, -0.05) is 37.3 Å². The highest BCUT2D eigenvalue weighted by atomic mass is 32.2. The van der Waals surface area contributed by atoms with Gasteiger partial charge in [0.25, 0.3) is 0 Å². The van der Waals surface area contributed by atoms with Gasteiger partial charge in [-0.25, -0.2) is 13.1 Å². The Morgan fingerprint density at radius 3 is 2.45 bits per heavy atom. The lowest BCUT2D eigenvalue weighted by molar-refractivity contribution is -0.130. The molecule has 22 heavy (non-hydrogen) atoms. The molecule has 0 bridgehead atoms. The van der Waals surface area contributed by atoms with Crippen molar-refractivity contribution in [3.8, 4) is 0 Å². The van der Waals surface area contributed by atoms with Crippen LogP contribution in [0.25, 0.3) is 0 Å². The van der Waals surface area contributed by atoms with Gasteiger partial charge in [0.05, 0.1) is 5.75 Å². The summed E-state index contributed by atoms with van der Waals surface area (Å²) in [4.78, 5) is 13.3. The molecule has 0 saturated heterocycles. The highest BCUT2D eigenvalue weighted by Gasteiger charge is 2.16. The number of hydrogen-bond donors (Lipinski definition) is 1. The highest BCUT2D eigenvalue weighted by molar-refractivity contribution is 7.89. The molecule has 0 aliphatic carbocycles. The number of carbonyl (C=O) groups is 1. The van der Waals surface area contributed by atoms with Crippen LogP contribution >= 0.6 is 0 Å². The Hall–Kier alpha value is -1.40. The van der Waals surface area contributed by atoms with E-state index in [0.717, 1.165) is 12.0 Å². The van der Waals surface area contributed by atoms with E-state index < -0.39 is 10.0 Å². The summed E-state index contributed by atoms with van der Waals surface area (Å²) in [7, 11) is -3.32. The van der Waals surface area contributed by atoms with Gasteiger partial charge in [0, 0.05) is 26.1 Å². The smallest absolute Gasteiger partial charge is 0.219 e. The molecule has 0 aromatic heterocycles. The number of sulfonamides is 1. The Bertz CT molecular complexity index is 558. The van der Waals surface area contributed by atoms with E-state index in [1.807, 2.05) is 44.2 Å². The minimum atomic E-state index is -3.32. The molecule has 0 aliphatic rings. The van der Waals surface area contributed by atoms with Crippen molar-refractivity contribution < 1.29 is 13.2 Å². The zero-order valence-electron chi connectivity index (χ0n) is 13.6. The number of nitrogens with zero attached hydrogens (tertiary/aromatic N) is 1. The molecule has 124 valence electrons. The zero-order chi connectivity index (χ0) is 16.6. The molecular weight excluding hydrogens is 300 g/mol. The Morgan fingerprint density at radius 1 is 1.27 bits per heavy atom. The van der Waals surface area contributed by atoms with Gasteiger partial charge in [0.2, 0.25) is 15.9 Å². The number of aryl methyl sites for hydroxylation is 1. The van der Waals surface area contributed by atoms with Gasteiger partial charge in [0.15, 0.2) is 0 Å². The van der Waals surface area contributed by atoms with Crippen molar-refractivity contribution in [2.75, 3.05) is 18.8 Å². The van der Waals surface area contributed by atoms with Crippen LogP contribution in [0.4, 0.5) is 0 Å². The van der Waals surface area contributed by atoms with Gasteiger partial charge in [-0.2, -0.15) is 0 Å². The van der Waals surface area contributed by atoms with Crippen molar-refractivity contribution in [1.82, 2.24) is 9.62 Å². The summed E-state index contributed by atoms with van der Waals surface area (Å²) in [6, 6.07) is 9.64. The molecule has 1 aromatic rings. The van der Waals surface area contributed by atoms with Crippen LogP contribution in [0.15, 0.2) is 30.3 Å². The Kier molecular flexibility index (Phi) is 7.55. The second-order valence-electron chi connectivity index (χ2n) is 5.42. The van der Waals surface area contributed by atoms with E-state index in [0.29, 0.717) is 13.0 Å². The maximum atomic E-state index is 12.0. The third-order valence-electron chi connectivity index (χ3n) is 3.70. The van der Waals surface area contributed by atoms with Crippen LogP contribution in [-0.2, 0) is 21.2 Å². The van der Waals surface area contributed by atoms with Crippen molar-refractivity contribution in [3.05, 3.63) is 35.9 Å². The van der Waals surface area contributed by atoms with Crippen LogP contribution in [0.5, 0.6) is 0 Å². The molecule has 0 saturated carbocycles. The van der Waals surface area contributed by atoms with E-state index >= 15 is 0 Å². The van der Waals surface area contributed by atoms with E-state index in [4.69, 9.17) is 0 Å². The Balaban J connectivity index is 2.43. The molecule has 0 heterocycles. The zero-order valence-corrected chi connectivity index (χ0v) is 14.4. The molecule has 0 radical (unpaired) electrons. The number of rotatable bonds is 9. The Morgan fingerprint density at radius 2 is 1.91 bits per heavy atom. The number of nitrogens with one attached hydrogen (secondary N) is 1. The normalized spacial score (nSPS) is 12.9. The predicted octanol–water partition coefficient (Wildman–Crippen LogP) is 1.80. The molecular formula is C16H26N2O3S. The molecule has 1 N–H and O–H groups in total. The SMILES string of the molecule is CCC(C)N(CCNS(=O)(=O)CCc1ccccc1)C(C)=O. The molecule has 0 spiro atoms. The third-order valence-corrected chi connectivity index (χ3v) is 5.09. The Labute approximate surface area is 133 Å². The van der Waals surface area contributed by atoms with Gasteiger partial charge in [-0.3, -0.25) is 4.79 Å². The molecule has 0 aliphatic heterocycles. The van der Waals surface area contributed by atoms with Crippen LogP contribution in [0, 0.1) is 0 Å². The van der Waals surface area contributed by atoms with Crippen LogP contribution in [0.1, 0.15) is 32.8 Å². The van der Waals surface area contributed by atoms with Gasteiger partial charge < -0.3 is 4.90 Å². The van der Waals surface area contributed by atoms with E-state index in [1.54, 1.807) is 4.90 Å². The summed E-state index contributed by atoms with van der Waals surface area (Å²) in [6.07, 6.45) is 1.33. The standard InChI is InChI=1S/C16H26N2O3S/c1-4-14(2)18(15(3)19)12-11-17-22(20,21)13-10-16-8-6-5-7-9-16/h5-9,14,17H,4,10-13H2,1-3H3. The van der Waals surface area contributed by atoms with Crippen LogP contribution in [0.3, 0.4) is 0 Å². The summed E-state index contributed by atoms with van der Waals surface area (Å²) in [5, 5.41) is 0. The third kappa shape index (κ3) is 6.58. The van der Waals surface area contributed by atoms with Crippen LogP contribution in [-0.4, -0.2) is 44.1 Å². The van der Waals surface area contributed by atoms with E-state index in [1.165, 1.54) is 6.92 Å². The fraction of sp³-hybridized carbons (Fsp3) is 0.562. The fourth-order valence-electron chi connectivity index (χ4n) is 2.20. The number of hydrogen-bond acceptors (Lipinski definition) is 3. The monoisotopic (exact) mass is 326 g/mol. The molecule has 1 unspecified atom stereocenters. The largest absolute Gasteiger partial charge is 0.339 e. The lowest BCUT2D eigenvalue weighted by atomic mass is 10.2. The number of benzene rings is 1. The van der Waals surface area contributed by atoms with Crippen LogP contribution in [0.2, 0.25) is 0 Å². The minimum absolute atomic E-state index is 0.0298. The molecule has 5 nitrogen and oxygen atoms in total. The summed E-state index contributed by atoms with van der Waals surface area (Å²) < 4.78 is 26.5. The second kappa shape index (κ2) is 8.90. The number of carbonyl (C=O) groups excluding carboxylic acids is 1. The summed E-state index contributed by atoms with van der Waals surface area (Å²) in [5.74, 6) is 0.0262. The molecule has 1 rings (SSSR count). The first-order chi connectivity index (χ1) is 10.4. The average Bonchev–Trinajstić information content (AvgIpc) is 2.49. The first kappa shape index (κ1) is 18.6. The van der Waals surface area contributed by atoms with Crippen molar-refractivity contribution in [3.63, 3.8) is 0 Å². The van der Waals surface area contributed by atoms with Crippen molar-refractivity contribution in [2.24, 2.45) is 0 Å². The van der Waals surface area contributed by atoms with Gasteiger partial charge in [0.1, 0.15) is 0 Å². The van der Waals surface area contributed by atoms with Gasteiger partial charge in [-0.05, 0) is 25.3 Å². The molecule has 0 fully saturated rings. The first-order valence-corrected chi connectivity index (χ1v) is 9.29.